The number of halogens is 1. The lowest BCUT2D eigenvalue weighted by molar-refractivity contribution is 0.568. The zero-order valence-electron chi connectivity index (χ0n) is 10.6. The largest absolute Gasteiger partial charge is 0.241 e. The highest BCUT2D eigenvalue weighted by molar-refractivity contribution is 9.10. The van der Waals surface area contributed by atoms with Gasteiger partial charge in [-0.05, 0) is 44.2 Å². The summed E-state index contributed by atoms with van der Waals surface area (Å²) in [4.78, 5) is 2.45. The molecule has 19 heavy (non-hydrogen) atoms. The van der Waals surface area contributed by atoms with Gasteiger partial charge >= 0.3 is 0 Å². The highest BCUT2D eigenvalue weighted by Crippen LogP contribution is 2.24. The Morgan fingerprint density at radius 1 is 1.26 bits per heavy atom. The van der Waals surface area contributed by atoms with Crippen LogP contribution in [0.5, 0.6) is 0 Å². The van der Waals surface area contributed by atoms with Crippen LogP contribution in [0.25, 0.3) is 0 Å². The van der Waals surface area contributed by atoms with Crippen LogP contribution < -0.4 is 4.72 Å². The molecule has 1 heterocycles. The second kappa shape index (κ2) is 5.75. The Labute approximate surface area is 125 Å². The number of thiophene rings is 1. The number of hydrogen-bond acceptors (Lipinski definition) is 3. The zero-order valence-corrected chi connectivity index (χ0v) is 13.8. The van der Waals surface area contributed by atoms with Gasteiger partial charge < -0.3 is 0 Å². The van der Waals surface area contributed by atoms with Crippen molar-refractivity contribution in [2.24, 2.45) is 0 Å². The van der Waals surface area contributed by atoms with Crippen LogP contribution in [-0.2, 0) is 10.0 Å². The summed E-state index contributed by atoms with van der Waals surface area (Å²) in [5, 5.41) is 0. The van der Waals surface area contributed by atoms with E-state index in [1.807, 2.05) is 26.0 Å². The molecule has 1 atom stereocenters. The molecular formula is C13H14BrNO2S2. The summed E-state index contributed by atoms with van der Waals surface area (Å²) in [5.41, 5.74) is 0. The Kier molecular flexibility index (Phi) is 4.45. The smallest absolute Gasteiger partial charge is 0.207 e. The molecule has 0 saturated carbocycles. The molecule has 2 aromatic rings. The summed E-state index contributed by atoms with van der Waals surface area (Å²) >= 11 is 4.88. The summed E-state index contributed by atoms with van der Waals surface area (Å²) in [5.74, 6) is 0. The molecular weight excluding hydrogens is 346 g/mol. The molecule has 2 rings (SSSR count). The van der Waals surface area contributed by atoms with Gasteiger partial charge in [-0.15, -0.1) is 11.3 Å². The van der Waals surface area contributed by atoms with E-state index in [1.165, 1.54) is 4.88 Å². The molecule has 0 aliphatic heterocycles. The van der Waals surface area contributed by atoms with Gasteiger partial charge in [-0.2, -0.15) is 0 Å². The molecule has 0 aliphatic rings. The first-order valence-corrected chi connectivity index (χ1v) is 8.82. The lowest BCUT2D eigenvalue weighted by Gasteiger charge is -2.13. The van der Waals surface area contributed by atoms with Gasteiger partial charge in [0.2, 0.25) is 10.0 Å². The van der Waals surface area contributed by atoms with Crippen LogP contribution in [0, 0.1) is 6.92 Å². The van der Waals surface area contributed by atoms with Crippen LogP contribution in [0.1, 0.15) is 22.7 Å². The first kappa shape index (κ1) is 14.7. The molecule has 102 valence electrons. The van der Waals surface area contributed by atoms with E-state index < -0.39 is 10.0 Å². The van der Waals surface area contributed by atoms with Gasteiger partial charge in [-0.1, -0.05) is 22.0 Å². The predicted octanol–water partition coefficient (Wildman–Crippen LogP) is 3.86. The van der Waals surface area contributed by atoms with Gasteiger partial charge in [-0.3, -0.25) is 0 Å². The fourth-order valence-corrected chi connectivity index (χ4v) is 4.45. The van der Waals surface area contributed by atoms with Crippen molar-refractivity contribution in [1.29, 1.82) is 0 Å². The Morgan fingerprint density at radius 3 is 2.58 bits per heavy atom. The molecule has 0 spiro atoms. The number of nitrogens with one attached hydrogen (secondary N) is 1. The minimum Gasteiger partial charge on any atom is -0.207 e. The van der Waals surface area contributed by atoms with E-state index in [9.17, 15) is 8.42 Å². The fourth-order valence-electron chi connectivity index (χ4n) is 1.68. The molecule has 3 nitrogen and oxygen atoms in total. The molecule has 1 unspecified atom stereocenters. The fraction of sp³-hybridized carbons (Fsp3) is 0.231. The van der Waals surface area contributed by atoms with E-state index in [2.05, 4.69) is 20.7 Å². The molecule has 1 aromatic carbocycles. The van der Waals surface area contributed by atoms with E-state index in [-0.39, 0.29) is 10.9 Å². The normalized spacial score (nSPS) is 13.4. The molecule has 0 saturated heterocycles. The van der Waals surface area contributed by atoms with Crippen molar-refractivity contribution < 1.29 is 8.42 Å². The quantitative estimate of drug-likeness (QED) is 0.900. The number of benzene rings is 1. The SMILES string of the molecule is Cc1ccc(C(C)NS(=O)(=O)c2cccc(Br)c2)s1. The van der Waals surface area contributed by atoms with Crippen LogP contribution in [0.4, 0.5) is 0 Å². The van der Waals surface area contributed by atoms with Gasteiger partial charge in [-0.25, -0.2) is 13.1 Å². The maximum Gasteiger partial charge on any atom is 0.241 e. The van der Waals surface area contributed by atoms with Crippen molar-refractivity contribution in [3.8, 4) is 0 Å². The second-order valence-corrected chi connectivity index (χ2v) is 8.20. The van der Waals surface area contributed by atoms with E-state index in [1.54, 1.807) is 35.6 Å². The minimum absolute atomic E-state index is 0.234. The summed E-state index contributed by atoms with van der Waals surface area (Å²) in [6, 6.07) is 10.4. The van der Waals surface area contributed by atoms with Crippen LogP contribution >= 0.6 is 27.3 Å². The second-order valence-electron chi connectivity index (χ2n) is 4.25. The summed E-state index contributed by atoms with van der Waals surface area (Å²) < 4.78 is 27.9. The van der Waals surface area contributed by atoms with E-state index in [4.69, 9.17) is 0 Å². The Balaban J connectivity index is 2.22. The zero-order chi connectivity index (χ0) is 14.0. The first-order valence-electron chi connectivity index (χ1n) is 5.73. The van der Waals surface area contributed by atoms with E-state index in [0.717, 1.165) is 9.35 Å². The summed E-state index contributed by atoms with van der Waals surface area (Å²) in [6.07, 6.45) is 0. The predicted molar refractivity (Wildman–Crippen MR) is 81.9 cm³/mol. The van der Waals surface area contributed by atoms with Crippen molar-refractivity contribution in [2.75, 3.05) is 0 Å². The van der Waals surface area contributed by atoms with Gasteiger partial charge in [0.05, 0.1) is 10.9 Å². The average molecular weight is 360 g/mol. The van der Waals surface area contributed by atoms with E-state index in [0.29, 0.717) is 0 Å². The number of rotatable bonds is 4. The standard InChI is InChI=1S/C13H14BrNO2S2/c1-9-6-7-13(18-9)10(2)15-19(16,17)12-5-3-4-11(14)8-12/h3-8,10,15H,1-2H3. The summed E-state index contributed by atoms with van der Waals surface area (Å²) in [7, 11) is -3.49. The van der Waals surface area contributed by atoms with Gasteiger partial charge in [0.25, 0.3) is 0 Å². The minimum atomic E-state index is -3.49. The van der Waals surface area contributed by atoms with Crippen molar-refractivity contribution in [2.45, 2.75) is 24.8 Å². The third-order valence-corrected chi connectivity index (χ3v) is 5.84. The molecule has 0 radical (unpaired) electrons. The van der Waals surface area contributed by atoms with Gasteiger partial charge in [0.15, 0.2) is 0 Å². The van der Waals surface area contributed by atoms with Crippen molar-refractivity contribution in [3.05, 3.63) is 50.6 Å². The first-order chi connectivity index (χ1) is 8.88. The maximum absolute atomic E-state index is 12.2. The van der Waals surface area contributed by atoms with Crippen LogP contribution in [0.15, 0.2) is 45.8 Å². The molecule has 0 amide bonds. The Morgan fingerprint density at radius 2 is 2.00 bits per heavy atom. The van der Waals surface area contributed by atoms with E-state index >= 15 is 0 Å². The molecule has 0 fully saturated rings. The summed E-state index contributed by atoms with van der Waals surface area (Å²) in [6.45, 7) is 3.85. The van der Waals surface area contributed by atoms with Crippen molar-refractivity contribution in [1.82, 2.24) is 4.72 Å². The van der Waals surface area contributed by atoms with Gasteiger partial charge in [0.1, 0.15) is 0 Å². The van der Waals surface area contributed by atoms with Crippen LogP contribution in [-0.4, -0.2) is 8.42 Å². The van der Waals surface area contributed by atoms with Crippen LogP contribution in [0.3, 0.4) is 0 Å². The Bertz CT molecular complexity index is 679. The number of hydrogen-bond donors (Lipinski definition) is 1. The third-order valence-electron chi connectivity index (χ3n) is 2.63. The maximum atomic E-state index is 12.2. The number of sulfonamides is 1. The molecule has 6 heteroatoms. The van der Waals surface area contributed by atoms with Gasteiger partial charge in [0, 0.05) is 14.2 Å². The Hall–Kier alpha value is -0.690. The number of aryl methyl sites for hydroxylation is 1. The lowest BCUT2D eigenvalue weighted by atomic mass is 10.3. The highest BCUT2D eigenvalue weighted by Gasteiger charge is 2.19. The average Bonchev–Trinajstić information content (AvgIpc) is 2.75. The molecule has 1 N–H and O–H groups in total. The van der Waals surface area contributed by atoms with Crippen LogP contribution in [0.2, 0.25) is 0 Å². The molecule has 0 aliphatic carbocycles. The van der Waals surface area contributed by atoms with Crippen molar-refractivity contribution >= 4 is 37.3 Å². The monoisotopic (exact) mass is 359 g/mol. The third kappa shape index (κ3) is 3.66. The molecule has 0 bridgehead atoms. The van der Waals surface area contributed by atoms with Crippen molar-refractivity contribution in [3.63, 3.8) is 0 Å². The highest BCUT2D eigenvalue weighted by atomic mass is 79.9. The lowest BCUT2D eigenvalue weighted by Crippen LogP contribution is -2.26. The molecule has 1 aromatic heterocycles. The topological polar surface area (TPSA) is 46.2 Å².